The molecular weight excluding hydrogens is 250 g/mol. The maximum atomic E-state index is 11.8. The van der Waals surface area contributed by atoms with Crippen molar-refractivity contribution in [1.82, 2.24) is 5.32 Å². The number of benzene rings is 1. The molecule has 0 aliphatic rings. The number of amides is 1. The van der Waals surface area contributed by atoms with Gasteiger partial charge in [-0.1, -0.05) is 29.9 Å². The van der Waals surface area contributed by atoms with Crippen LogP contribution in [0.2, 0.25) is 0 Å². The Hall–Kier alpha value is -2.16. The molecule has 0 aliphatic heterocycles. The Bertz CT molecular complexity index is 520. The third kappa shape index (κ3) is 4.84. The average molecular weight is 271 g/mol. The quantitative estimate of drug-likeness (QED) is 0.490. The van der Waals surface area contributed by atoms with Crippen molar-refractivity contribution in [1.29, 1.82) is 0 Å². The van der Waals surface area contributed by atoms with Gasteiger partial charge < -0.3 is 10.1 Å². The maximum Gasteiger partial charge on any atom is 0.251 e. The number of hydrogen-bond donors (Lipinski definition) is 1. The van der Waals surface area contributed by atoms with Crippen molar-refractivity contribution in [2.75, 3.05) is 6.54 Å². The predicted molar refractivity (Wildman–Crippen MR) is 82.5 cm³/mol. The summed E-state index contributed by atoms with van der Waals surface area (Å²) in [7, 11) is 0. The highest BCUT2D eigenvalue weighted by molar-refractivity contribution is 5.94. The molecule has 0 spiro atoms. The van der Waals surface area contributed by atoms with E-state index < -0.39 is 0 Å². The molecule has 0 aliphatic carbocycles. The van der Waals surface area contributed by atoms with Crippen LogP contribution in [0.25, 0.3) is 5.57 Å². The van der Waals surface area contributed by atoms with Gasteiger partial charge in [-0.05, 0) is 44.0 Å². The SMILES string of the molecule is C/C=C(\C=C(C)C)c1ccc(C(=O)NCCC=O)cc1. The van der Waals surface area contributed by atoms with Gasteiger partial charge >= 0.3 is 0 Å². The first-order valence-electron chi connectivity index (χ1n) is 6.72. The molecule has 0 fully saturated rings. The molecule has 1 aromatic carbocycles. The van der Waals surface area contributed by atoms with Crippen LogP contribution < -0.4 is 5.32 Å². The second-order valence-electron chi connectivity index (χ2n) is 4.75. The first-order valence-corrected chi connectivity index (χ1v) is 6.72. The van der Waals surface area contributed by atoms with Gasteiger partial charge in [-0.3, -0.25) is 4.79 Å². The number of hydrogen-bond acceptors (Lipinski definition) is 2. The molecule has 1 rings (SSSR count). The van der Waals surface area contributed by atoms with Gasteiger partial charge in [0.25, 0.3) is 5.91 Å². The summed E-state index contributed by atoms with van der Waals surface area (Å²) in [5.74, 6) is -0.150. The molecule has 0 aromatic heterocycles. The molecular formula is C17H21NO2. The average Bonchev–Trinajstić information content (AvgIpc) is 2.45. The van der Waals surface area contributed by atoms with Crippen LogP contribution in [-0.2, 0) is 4.79 Å². The smallest absolute Gasteiger partial charge is 0.251 e. The summed E-state index contributed by atoms with van der Waals surface area (Å²) in [6.45, 7) is 6.48. The lowest BCUT2D eigenvalue weighted by Crippen LogP contribution is -2.24. The number of carbonyl (C=O) groups is 2. The number of allylic oxidation sites excluding steroid dienone is 4. The fourth-order valence-electron chi connectivity index (χ4n) is 1.81. The monoisotopic (exact) mass is 271 g/mol. The molecule has 3 nitrogen and oxygen atoms in total. The molecule has 1 aromatic rings. The first kappa shape index (κ1) is 15.9. The Morgan fingerprint density at radius 2 is 1.75 bits per heavy atom. The van der Waals surface area contributed by atoms with E-state index in [0.29, 0.717) is 18.5 Å². The van der Waals surface area contributed by atoms with Crippen LogP contribution in [0.1, 0.15) is 43.1 Å². The maximum absolute atomic E-state index is 11.8. The van der Waals surface area contributed by atoms with E-state index in [-0.39, 0.29) is 5.91 Å². The molecule has 0 heterocycles. The number of nitrogens with one attached hydrogen (secondary N) is 1. The molecule has 0 radical (unpaired) electrons. The van der Waals surface area contributed by atoms with E-state index in [1.54, 1.807) is 12.1 Å². The summed E-state index contributed by atoms with van der Waals surface area (Å²) in [6.07, 6.45) is 5.29. The lowest BCUT2D eigenvalue weighted by molar-refractivity contribution is -0.107. The molecule has 0 bridgehead atoms. The normalized spacial score (nSPS) is 10.8. The van der Waals surface area contributed by atoms with E-state index in [1.165, 1.54) is 5.57 Å². The Morgan fingerprint density at radius 1 is 1.15 bits per heavy atom. The van der Waals surface area contributed by atoms with Gasteiger partial charge in [0.1, 0.15) is 6.29 Å². The van der Waals surface area contributed by atoms with Crippen LogP contribution in [-0.4, -0.2) is 18.7 Å². The molecule has 0 saturated carbocycles. The number of carbonyl (C=O) groups excluding carboxylic acids is 2. The van der Waals surface area contributed by atoms with E-state index in [1.807, 2.05) is 25.1 Å². The highest BCUT2D eigenvalue weighted by Gasteiger charge is 2.05. The van der Waals surface area contributed by atoms with Gasteiger partial charge in [0.2, 0.25) is 0 Å². The Morgan fingerprint density at radius 3 is 2.25 bits per heavy atom. The number of aldehydes is 1. The van der Waals surface area contributed by atoms with Crippen LogP contribution in [0.5, 0.6) is 0 Å². The Kier molecular flexibility index (Phi) is 6.44. The summed E-state index contributed by atoms with van der Waals surface area (Å²) in [4.78, 5) is 22.0. The van der Waals surface area contributed by atoms with Crippen LogP contribution >= 0.6 is 0 Å². The van der Waals surface area contributed by atoms with E-state index in [4.69, 9.17) is 0 Å². The first-order chi connectivity index (χ1) is 9.58. The fourth-order valence-corrected chi connectivity index (χ4v) is 1.81. The molecule has 0 saturated heterocycles. The lowest BCUT2D eigenvalue weighted by atomic mass is 10.0. The molecule has 0 atom stereocenters. The van der Waals surface area contributed by atoms with E-state index in [2.05, 4.69) is 25.2 Å². The largest absolute Gasteiger partial charge is 0.352 e. The third-order valence-corrected chi connectivity index (χ3v) is 2.78. The van der Waals surface area contributed by atoms with Crippen LogP contribution in [0.4, 0.5) is 0 Å². The van der Waals surface area contributed by atoms with Gasteiger partial charge in [0.15, 0.2) is 0 Å². The Balaban J connectivity index is 2.80. The zero-order valence-corrected chi connectivity index (χ0v) is 12.3. The zero-order valence-electron chi connectivity index (χ0n) is 12.3. The zero-order chi connectivity index (χ0) is 15.0. The molecule has 0 unspecified atom stereocenters. The molecule has 1 amide bonds. The van der Waals surface area contributed by atoms with Gasteiger partial charge in [-0.2, -0.15) is 0 Å². The second-order valence-corrected chi connectivity index (χ2v) is 4.75. The predicted octanol–water partition coefficient (Wildman–Crippen LogP) is 3.37. The van der Waals surface area contributed by atoms with Gasteiger partial charge in [-0.15, -0.1) is 0 Å². The highest BCUT2D eigenvalue weighted by atomic mass is 16.1. The second kappa shape index (κ2) is 8.10. The molecule has 106 valence electrons. The summed E-state index contributed by atoms with van der Waals surface area (Å²) < 4.78 is 0. The minimum absolute atomic E-state index is 0.150. The molecule has 1 N–H and O–H groups in total. The minimum Gasteiger partial charge on any atom is -0.352 e. The van der Waals surface area contributed by atoms with E-state index >= 15 is 0 Å². The minimum atomic E-state index is -0.150. The van der Waals surface area contributed by atoms with Gasteiger partial charge in [-0.25, -0.2) is 0 Å². The topological polar surface area (TPSA) is 46.2 Å². The molecule has 20 heavy (non-hydrogen) atoms. The van der Waals surface area contributed by atoms with Crippen LogP contribution in [0.3, 0.4) is 0 Å². The van der Waals surface area contributed by atoms with Gasteiger partial charge in [0.05, 0.1) is 0 Å². The van der Waals surface area contributed by atoms with Crippen molar-refractivity contribution < 1.29 is 9.59 Å². The summed E-state index contributed by atoms with van der Waals surface area (Å²) in [6, 6.07) is 7.47. The van der Waals surface area contributed by atoms with Gasteiger partial charge in [0, 0.05) is 18.5 Å². The lowest BCUT2D eigenvalue weighted by Gasteiger charge is -2.06. The summed E-state index contributed by atoms with van der Waals surface area (Å²) >= 11 is 0. The van der Waals surface area contributed by atoms with Crippen molar-refractivity contribution in [3.8, 4) is 0 Å². The standard InChI is InChI=1S/C17H21NO2/c1-4-14(12-13(2)3)15-6-8-16(9-7-15)17(20)18-10-5-11-19/h4,6-9,11-12H,5,10H2,1-3H3,(H,18,20)/b14-4+. The van der Waals surface area contributed by atoms with Crippen LogP contribution in [0.15, 0.2) is 42.0 Å². The van der Waals surface area contributed by atoms with Crippen molar-refractivity contribution in [3.05, 3.63) is 53.1 Å². The third-order valence-electron chi connectivity index (χ3n) is 2.78. The van der Waals surface area contributed by atoms with E-state index in [9.17, 15) is 9.59 Å². The van der Waals surface area contributed by atoms with E-state index in [0.717, 1.165) is 17.4 Å². The summed E-state index contributed by atoms with van der Waals surface area (Å²) in [5.41, 5.74) is 4.05. The summed E-state index contributed by atoms with van der Waals surface area (Å²) in [5, 5.41) is 2.70. The Labute approximate surface area is 120 Å². The van der Waals surface area contributed by atoms with Crippen molar-refractivity contribution >= 4 is 17.8 Å². The van der Waals surface area contributed by atoms with Crippen molar-refractivity contribution in [2.45, 2.75) is 27.2 Å². The fraction of sp³-hybridized carbons (Fsp3) is 0.294. The molecule has 3 heteroatoms. The van der Waals surface area contributed by atoms with Crippen molar-refractivity contribution in [3.63, 3.8) is 0 Å². The van der Waals surface area contributed by atoms with Crippen molar-refractivity contribution in [2.24, 2.45) is 0 Å². The highest BCUT2D eigenvalue weighted by Crippen LogP contribution is 2.18. The number of rotatable bonds is 6. The van der Waals surface area contributed by atoms with Crippen LogP contribution in [0, 0.1) is 0 Å².